The summed E-state index contributed by atoms with van der Waals surface area (Å²) in [6.45, 7) is 0. The van der Waals surface area contributed by atoms with Gasteiger partial charge in [-0.25, -0.2) is 4.98 Å². The maximum atomic E-state index is 13.2. The molecule has 1 aliphatic carbocycles. The third-order valence-corrected chi connectivity index (χ3v) is 5.90. The second kappa shape index (κ2) is 7.99. The van der Waals surface area contributed by atoms with Gasteiger partial charge in [-0.05, 0) is 58.6 Å². The molecular formula is C22H21BrN2O4. The highest BCUT2D eigenvalue weighted by Crippen LogP contribution is 2.44. The number of benzene rings is 1. The van der Waals surface area contributed by atoms with Crippen LogP contribution in [0.25, 0.3) is 0 Å². The Morgan fingerprint density at radius 1 is 1.07 bits per heavy atom. The fourth-order valence-electron chi connectivity index (χ4n) is 4.11. The van der Waals surface area contributed by atoms with E-state index in [0.29, 0.717) is 35.7 Å². The van der Waals surface area contributed by atoms with Crippen molar-refractivity contribution in [3.8, 4) is 11.5 Å². The fraction of sp³-hybridized carbons (Fsp3) is 0.318. The van der Waals surface area contributed by atoms with Gasteiger partial charge in [0.25, 0.3) is 0 Å². The third-order valence-electron chi connectivity index (χ3n) is 5.43. The Bertz CT molecular complexity index is 1000. The molecular weight excluding hydrogens is 436 g/mol. The average molecular weight is 457 g/mol. The first-order valence-corrected chi connectivity index (χ1v) is 10.3. The number of methoxy groups -OCH3 is 2. The standard InChI is InChI=1S/C22H21BrN2O4/c1-28-18-8-6-13(10-19(18)29-2)15-11-21(27)25(20-9-7-14(23)12-24-20)16-4-3-5-17(26)22(15)16/h6-10,12,15H,3-5,11H2,1-2H3. The van der Waals surface area contributed by atoms with Gasteiger partial charge in [0.2, 0.25) is 5.91 Å². The van der Waals surface area contributed by atoms with Gasteiger partial charge in [0, 0.05) is 40.7 Å². The zero-order valence-corrected chi connectivity index (χ0v) is 17.9. The van der Waals surface area contributed by atoms with Crippen LogP contribution in [0.1, 0.15) is 37.2 Å². The first kappa shape index (κ1) is 19.6. The van der Waals surface area contributed by atoms with Crippen LogP contribution in [0.15, 0.2) is 52.3 Å². The zero-order chi connectivity index (χ0) is 20.5. The molecule has 1 aromatic heterocycles. The molecule has 29 heavy (non-hydrogen) atoms. The number of ketones is 1. The molecule has 1 atom stereocenters. The van der Waals surface area contributed by atoms with Crippen molar-refractivity contribution >= 4 is 33.4 Å². The molecule has 0 radical (unpaired) electrons. The van der Waals surface area contributed by atoms with Crippen molar-refractivity contribution in [1.29, 1.82) is 0 Å². The summed E-state index contributed by atoms with van der Waals surface area (Å²) >= 11 is 3.37. The van der Waals surface area contributed by atoms with Gasteiger partial charge in [0.05, 0.1) is 14.2 Å². The Labute approximate surface area is 177 Å². The Morgan fingerprint density at radius 2 is 1.86 bits per heavy atom. The van der Waals surface area contributed by atoms with Crippen LogP contribution >= 0.6 is 15.9 Å². The summed E-state index contributed by atoms with van der Waals surface area (Å²) in [5, 5.41) is 0. The van der Waals surface area contributed by atoms with Gasteiger partial charge in [-0.1, -0.05) is 6.07 Å². The topological polar surface area (TPSA) is 68.7 Å². The number of anilines is 1. The highest BCUT2D eigenvalue weighted by molar-refractivity contribution is 9.10. The summed E-state index contributed by atoms with van der Waals surface area (Å²) < 4.78 is 11.6. The van der Waals surface area contributed by atoms with Gasteiger partial charge in [0.15, 0.2) is 17.3 Å². The number of hydrogen-bond donors (Lipinski definition) is 0. The summed E-state index contributed by atoms with van der Waals surface area (Å²) in [6, 6.07) is 9.22. The SMILES string of the molecule is COc1ccc(C2CC(=O)N(c3ccc(Br)cn3)C3=C2C(=O)CCC3)cc1OC. The highest BCUT2D eigenvalue weighted by Gasteiger charge is 2.40. The number of carbonyl (C=O) groups is 2. The number of aromatic nitrogens is 1. The summed E-state index contributed by atoms with van der Waals surface area (Å²) in [5.41, 5.74) is 2.36. The van der Waals surface area contributed by atoms with E-state index in [-0.39, 0.29) is 24.0 Å². The van der Waals surface area contributed by atoms with Crippen LogP contribution in [-0.2, 0) is 9.59 Å². The average Bonchev–Trinajstić information content (AvgIpc) is 2.73. The Hall–Kier alpha value is -2.67. The van der Waals surface area contributed by atoms with E-state index in [1.54, 1.807) is 31.4 Å². The summed E-state index contributed by atoms with van der Waals surface area (Å²) in [4.78, 5) is 32.1. The predicted molar refractivity (Wildman–Crippen MR) is 112 cm³/mol. The molecule has 1 amide bonds. The lowest BCUT2D eigenvalue weighted by Crippen LogP contribution is -2.41. The van der Waals surface area contributed by atoms with E-state index in [1.165, 1.54) is 0 Å². The molecule has 150 valence electrons. The number of halogens is 1. The maximum Gasteiger partial charge on any atom is 0.233 e. The van der Waals surface area contributed by atoms with E-state index in [9.17, 15) is 9.59 Å². The number of ether oxygens (including phenoxy) is 2. The Morgan fingerprint density at radius 3 is 2.55 bits per heavy atom. The summed E-state index contributed by atoms with van der Waals surface area (Å²) in [6.07, 6.45) is 3.77. The Balaban J connectivity index is 1.83. The number of Topliss-reactive ketones (excluding diaryl/α,β-unsaturated/α-hetero) is 1. The number of hydrogen-bond acceptors (Lipinski definition) is 5. The van der Waals surface area contributed by atoms with Gasteiger partial charge in [0.1, 0.15) is 5.82 Å². The van der Waals surface area contributed by atoms with Crippen LogP contribution in [0.5, 0.6) is 11.5 Å². The monoisotopic (exact) mass is 456 g/mol. The molecule has 4 rings (SSSR count). The van der Waals surface area contributed by atoms with Crippen LogP contribution in [-0.4, -0.2) is 30.9 Å². The molecule has 2 heterocycles. The van der Waals surface area contributed by atoms with E-state index in [0.717, 1.165) is 22.2 Å². The van der Waals surface area contributed by atoms with E-state index in [4.69, 9.17) is 9.47 Å². The molecule has 1 unspecified atom stereocenters. The largest absolute Gasteiger partial charge is 0.493 e. The van der Waals surface area contributed by atoms with E-state index in [1.807, 2.05) is 24.3 Å². The van der Waals surface area contributed by atoms with Crippen LogP contribution in [0, 0.1) is 0 Å². The highest BCUT2D eigenvalue weighted by atomic mass is 79.9. The van der Waals surface area contributed by atoms with Gasteiger partial charge >= 0.3 is 0 Å². The molecule has 0 spiro atoms. The molecule has 7 heteroatoms. The number of pyridine rings is 1. The minimum absolute atomic E-state index is 0.0620. The van der Waals surface area contributed by atoms with E-state index in [2.05, 4.69) is 20.9 Å². The third kappa shape index (κ3) is 3.55. The lowest BCUT2D eigenvalue weighted by atomic mass is 9.77. The predicted octanol–water partition coefficient (Wildman–Crippen LogP) is 4.39. The second-order valence-electron chi connectivity index (χ2n) is 7.07. The lowest BCUT2D eigenvalue weighted by Gasteiger charge is -2.37. The molecule has 0 saturated heterocycles. The van der Waals surface area contributed by atoms with Gasteiger partial charge < -0.3 is 9.47 Å². The fourth-order valence-corrected chi connectivity index (χ4v) is 4.35. The van der Waals surface area contributed by atoms with Crippen LogP contribution in [0.4, 0.5) is 5.82 Å². The quantitative estimate of drug-likeness (QED) is 0.682. The van der Waals surface area contributed by atoms with Crippen LogP contribution in [0.2, 0.25) is 0 Å². The molecule has 2 aromatic rings. The normalized spacial score (nSPS) is 19.3. The second-order valence-corrected chi connectivity index (χ2v) is 7.99. The Kier molecular flexibility index (Phi) is 5.41. The number of allylic oxidation sites excluding steroid dienone is 2. The summed E-state index contributed by atoms with van der Waals surface area (Å²) in [7, 11) is 3.15. The smallest absolute Gasteiger partial charge is 0.233 e. The maximum absolute atomic E-state index is 13.2. The number of nitrogens with zero attached hydrogens (tertiary/aromatic N) is 2. The van der Waals surface area contributed by atoms with Crippen molar-refractivity contribution in [2.24, 2.45) is 0 Å². The first-order chi connectivity index (χ1) is 14.0. The minimum atomic E-state index is -0.295. The van der Waals surface area contributed by atoms with Crippen molar-refractivity contribution in [2.75, 3.05) is 19.1 Å². The van der Waals surface area contributed by atoms with Gasteiger partial charge in [-0.15, -0.1) is 0 Å². The molecule has 6 nitrogen and oxygen atoms in total. The van der Waals surface area contributed by atoms with E-state index < -0.39 is 0 Å². The van der Waals surface area contributed by atoms with Crippen molar-refractivity contribution in [3.05, 3.63) is 57.8 Å². The molecule has 2 aliphatic rings. The number of carbonyl (C=O) groups excluding carboxylic acids is 2. The first-order valence-electron chi connectivity index (χ1n) is 9.46. The van der Waals surface area contributed by atoms with Crippen LogP contribution < -0.4 is 14.4 Å². The molecule has 1 aliphatic heterocycles. The molecule has 0 fully saturated rings. The molecule has 0 bridgehead atoms. The minimum Gasteiger partial charge on any atom is -0.493 e. The van der Waals surface area contributed by atoms with Crippen molar-refractivity contribution in [3.63, 3.8) is 0 Å². The lowest BCUT2D eigenvalue weighted by molar-refractivity contribution is -0.120. The molecule has 0 N–H and O–H groups in total. The zero-order valence-electron chi connectivity index (χ0n) is 16.3. The number of amides is 1. The van der Waals surface area contributed by atoms with Crippen LogP contribution in [0.3, 0.4) is 0 Å². The van der Waals surface area contributed by atoms with Crippen molar-refractivity contribution in [2.45, 2.75) is 31.6 Å². The molecule has 0 saturated carbocycles. The van der Waals surface area contributed by atoms with Gasteiger partial charge in [-0.2, -0.15) is 0 Å². The molecule has 1 aromatic carbocycles. The van der Waals surface area contributed by atoms with E-state index >= 15 is 0 Å². The van der Waals surface area contributed by atoms with Crippen molar-refractivity contribution < 1.29 is 19.1 Å². The number of rotatable bonds is 4. The van der Waals surface area contributed by atoms with Gasteiger partial charge in [-0.3, -0.25) is 14.5 Å². The van der Waals surface area contributed by atoms with Crippen molar-refractivity contribution in [1.82, 2.24) is 4.98 Å². The summed E-state index contributed by atoms with van der Waals surface area (Å²) in [5.74, 6) is 1.49.